The van der Waals surface area contributed by atoms with Crippen LogP contribution in [0, 0.1) is 0 Å². The Morgan fingerprint density at radius 3 is 3.00 bits per heavy atom. The molecule has 2 atom stereocenters. The highest BCUT2D eigenvalue weighted by molar-refractivity contribution is 5.98. The van der Waals surface area contributed by atoms with Gasteiger partial charge in [0.15, 0.2) is 6.17 Å². The second-order valence-corrected chi connectivity index (χ2v) is 7.83. The van der Waals surface area contributed by atoms with E-state index in [1.807, 2.05) is 36.1 Å². The fourth-order valence-electron chi connectivity index (χ4n) is 4.31. The van der Waals surface area contributed by atoms with Crippen LogP contribution < -0.4 is 15.0 Å². The molecule has 1 aromatic heterocycles. The number of alkyl halides is 1. The van der Waals surface area contributed by atoms with Crippen LogP contribution in [-0.4, -0.2) is 36.3 Å². The summed E-state index contributed by atoms with van der Waals surface area (Å²) in [7, 11) is 0. The predicted molar refractivity (Wildman–Crippen MR) is 106 cm³/mol. The number of carbonyl (C=O) groups is 1. The number of pyridine rings is 1. The van der Waals surface area contributed by atoms with Crippen molar-refractivity contribution >= 4 is 11.7 Å². The normalized spacial score (nSPS) is 23.0. The third kappa shape index (κ3) is 3.33. The molecule has 1 saturated heterocycles. The number of aryl methyl sites for hydroxylation is 1. The summed E-state index contributed by atoms with van der Waals surface area (Å²) < 4.78 is 26.5. The van der Waals surface area contributed by atoms with Crippen molar-refractivity contribution in [3.63, 3.8) is 0 Å². The van der Waals surface area contributed by atoms with Crippen molar-refractivity contribution in [2.45, 2.75) is 51.8 Å². The number of piperidine rings is 1. The molecule has 1 aromatic carbocycles. The molecular formula is C22H24FN3O3. The third-order valence-corrected chi connectivity index (χ3v) is 5.96. The zero-order valence-electron chi connectivity index (χ0n) is 16.4. The first-order valence-corrected chi connectivity index (χ1v) is 10.2. The van der Waals surface area contributed by atoms with Crippen molar-refractivity contribution < 1.29 is 18.7 Å². The number of carbonyl (C=O) groups excluding carboxylic acids is 1. The van der Waals surface area contributed by atoms with Crippen LogP contribution in [0.5, 0.6) is 5.75 Å². The second kappa shape index (κ2) is 7.30. The lowest BCUT2D eigenvalue weighted by Crippen LogP contribution is -2.47. The van der Waals surface area contributed by atoms with Gasteiger partial charge in [-0.15, -0.1) is 0 Å². The fourth-order valence-corrected chi connectivity index (χ4v) is 4.31. The second-order valence-electron chi connectivity index (χ2n) is 7.83. The van der Waals surface area contributed by atoms with Crippen molar-refractivity contribution in [3.8, 4) is 5.75 Å². The summed E-state index contributed by atoms with van der Waals surface area (Å²) in [6.45, 7) is 4.59. The van der Waals surface area contributed by atoms with E-state index in [9.17, 15) is 4.79 Å². The molecule has 7 heteroatoms. The Hall–Kier alpha value is -2.67. The highest BCUT2D eigenvalue weighted by Crippen LogP contribution is 2.30. The van der Waals surface area contributed by atoms with Crippen LogP contribution in [0.4, 0.5) is 10.2 Å². The Bertz CT molecular complexity index is 965. The van der Waals surface area contributed by atoms with E-state index >= 15 is 4.39 Å². The Kier molecular flexibility index (Phi) is 4.62. The van der Waals surface area contributed by atoms with E-state index < -0.39 is 12.3 Å². The van der Waals surface area contributed by atoms with E-state index in [-0.39, 0.29) is 12.5 Å². The molecular weight excluding hydrogens is 373 g/mol. The first kappa shape index (κ1) is 18.4. The maximum Gasteiger partial charge on any atom is 0.253 e. The van der Waals surface area contributed by atoms with Gasteiger partial charge in [0.2, 0.25) is 0 Å². The Morgan fingerprint density at radius 2 is 2.17 bits per heavy atom. The average molecular weight is 397 g/mol. The van der Waals surface area contributed by atoms with Crippen molar-refractivity contribution in [1.82, 2.24) is 10.3 Å². The van der Waals surface area contributed by atoms with Gasteiger partial charge in [0.25, 0.3) is 5.91 Å². The van der Waals surface area contributed by atoms with Gasteiger partial charge in [0.1, 0.15) is 17.7 Å². The molecule has 1 amide bonds. The molecule has 3 aliphatic rings. The molecule has 3 aliphatic heterocycles. The number of halogens is 1. The number of aromatic nitrogens is 1. The van der Waals surface area contributed by atoms with Gasteiger partial charge in [-0.3, -0.25) is 4.79 Å². The maximum absolute atomic E-state index is 15.0. The number of benzene rings is 1. The molecule has 0 aliphatic carbocycles. The van der Waals surface area contributed by atoms with Crippen molar-refractivity contribution in [2.75, 3.05) is 18.0 Å². The van der Waals surface area contributed by atoms with Crippen molar-refractivity contribution in [2.24, 2.45) is 0 Å². The molecule has 29 heavy (non-hydrogen) atoms. The zero-order valence-corrected chi connectivity index (χ0v) is 16.4. The lowest BCUT2D eigenvalue weighted by molar-refractivity contribution is 0.0817. The largest absolute Gasteiger partial charge is 0.487 e. The summed E-state index contributed by atoms with van der Waals surface area (Å²) in [5.74, 6) is 1.41. The van der Waals surface area contributed by atoms with Gasteiger partial charge in [-0.25, -0.2) is 9.37 Å². The number of nitrogens with one attached hydrogen (secondary N) is 1. The van der Waals surface area contributed by atoms with E-state index in [0.717, 1.165) is 29.1 Å². The van der Waals surface area contributed by atoms with Crippen LogP contribution in [0.2, 0.25) is 0 Å². The van der Waals surface area contributed by atoms with Gasteiger partial charge in [0.05, 0.1) is 37.6 Å². The molecule has 0 spiro atoms. The van der Waals surface area contributed by atoms with Crippen LogP contribution >= 0.6 is 0 Å². The van der Waals surface area contributed by atoms with Crippen LogP contribution in [0.15, 0.2) is 24.3 Å². The van der Waals surface area contributed by atoms with E-state index in [4.69, 9.17) is 14.5 Å². The number of anilines is 1. The quantitative estimate of drug-likeness (QED) is 0.860. The molecule has 2 aromatic rings. The van der Waals surface area contributed by atoms with E-state index in [1.165, 1.54) is 5.56 Å². The molecule has 6 nitrogen and oxygen atoms in total. The smallest absolute Gasteiger partial charge is 0.253 e. The SMILES string of the molecule is CCc1cc2c(nc1N1CCC(Oc3ccc4c(c3)COC4)[C@@H](F)C1)CNC2=O. The average Bonchev–Trinajstić information content (AvgIpc) is 3.34. The third-order valence-electron chi connectivity index (χ3n) is 5.96. The molecule has 4 heterocycles. The van der Waals surface area contributed by atoms with E-state index in [2.05, 4.69) is 5.32 Å². The molecule has 1 unspecified atom stereocenters. The Morgan fingerprint density at radius 1 is 1.31 bits per heavy atom. The van der Waals surface area contributed by atoms with E-state index in [0.29, 0.717) is 44.0 Å². The van der Waals surface area contributed by atoms with Crippen LogP contribution in [0.1, 0.15) is 46.1 Å². The lowest BCUT2D eigenvalue weighted by atomic mass is 10.0. The number of rotatable bonds is 4. The van der Waals surface area contributed by atoms with Gasteiger partial charge in [-0.2, -0.15) is 0 Å². The summed E-state index contributed by atoms with van der Waals surface area (Å²) in [6.07, 6.45) is -0.274. The summed E-state index contributed by atoms with van der Waals surface area (Å²) in [6, 6.07) is 7.76. The predicted octanol–water partition coefficient (Wildman–Crippen LogP) is 2.91. The Balaban J connectivity index is 1.31. The van der Waals surface area contributed by atoms with Gasteiger partial charge in [-0.05, 0) is 41.3 Å². The number of fused-ring (bicyclic) bond motifs is 2. The minimum atomic E-state index is -1.12. The minimum absolute atomic E-state index is 0.0797. The number of ether oxygens (including phenoxy) is 2. The van der Waals surface area contributed by atoms with Gasteiger partial charge >= 0.3 is 0 Å². The van der Waals surface area contributed by atoms with Crippen LogP contribution in [0.3, 0.4) is 0 Å². The monoisotopic (exact) mass is 397 g/mol. The molecule has 0 radical (unpaired) electrons. The maximum atomic E-state index is 15.0. The highest BCUT2D eigenvalue weighted by atomic mass is 19.1. The Labute approximate surface area is 169 Å². The summed E-state index contributed by atoms with van der Waals surface area (Å²) in [5, 5.41) is 2.80. The fraction of sp³-hybridized carbons (Fsp3) is 0.455. The molecule has 152 valence electrons. The molecule has 1 fully saturated rings. The number of hydrogen-bond donors (Lipinski definition) is 1. The summed E-state index contributed by atoms with van der Waals surface area (Å²) in [5.41, 5.74) is 4.66. The molecule has 5 rings (SSSR count). The minimum Gasteiger partial charge on any atom is -0.487 e. The van der Waals surface area contributed by atoms with Crippen LogP contribution in [0.25, 0.3) is 0 Å². The zero-order chi connectivity index (χ0) is 20.0. The van der Waals surface area contributed by atoms with E-state index in [1.54, 1.807) is 0 Å². The number of nitrogens with zero attached hydrogens (tertiary/aromatic N) is 2. The van der Waals surface area contributed by atoms with Gasteiger partial charge < -0.3 is 19.7 Å². The van der Waals surface area contributed by atoms with Crippen molar-refractivity contribution in [1.29, 1.82) is 0 Å². The highest BCUT2D eigenvalue weighted by Gasteiger charge is 2.33. The molecule has 0 bridgehead atoms. The summed E-state index contributed by atoms with van der Waals surface area (Å²) >= 11 is 0. The van der Waals surface area contributed by atoms with Crippen LogP contribution in [-0.2, 0) is 30.9 Å². The lowest BCUT2D eigenvalue weighted by Gasteiger charge is -2.36. The topological polar surface area (TPSA) is 63.7 Å². The first-order chi connectivity index (χ1) is 14.1. The first-order valence-electron chi connectivity index (χ1n) is 10.2. The van der Waals surface area contributed by atoms with Gasteiger partial charge in [0, 0.05) is 13.0 Å². The summed E-state index contributed by atoms with van der Waals surface area (Å²) in [4.78, 5) is 18.6. The number of hydrogen-bond acceptors (Lipinski definition) is 5. The standard InChI is InChI=1S/C22H24FN3O3/c1-2-13-8-17-19(9-24-22(17)27)25-21(13)26-6-5-20(18(23)10-26)29-16-4-3-14-11-28-12-15(14)7-16/h3-4,7-8,18,20H,2,5-6,9-12H2,1H3,(H,24,27)/t18-,20?/m0/s1. The molecule has 0 saturated carbocycles. The van der Waals surface area contributed by atoms with Gasteiger partial charge in [-0.1, -0.05) is 13.0 Å². The molecule has 1 N–H and O–H groups in total. The van der Waals surface area contributed by atoms with Crippen molar-refractivity contribution in [3.05, 3.63) is 52.2 Å². The number of amides is 1.